The summed E-state index contributed by atoms with van der Waals surface area (Å²) in [5.41, 5.74) is 6.07. The van der Waals surface area contributed by atoms with E-state index in [0.717, 1.165) is 33.4 Å². The number of hydrogen-bond acceptors (Lipinski definition) is 3. The molecule has 29 heavy (non-hydrogen) atoms. The van der Waals surface area contributed by atoms with Crippen molar-refractivity contribution in [3.63, 3.8) is 0 Å². The van der Waals surface area contributed by atoms with Crippen LogP contribution >= 0.6 is 0 Å². The molecule has 0 atom stereocenters. The molecule has 0 spiro atoms. The summed E-state index contributed by atoms with van der Waals surface area (Å²) in [6, 6.07) is 18.0. The molecule has 0 saturated heterocycles. The summed E-state index contributed by atoms with van der Waals surface area (Å²) in [5, 5.41) is 8.93. The molecular weight excluding hydrogens is 362 g/mol. The molecule has 1 heterocycles. The van der Waals surface area contributed by atoms with Crippen molar-refractivity contribution >= 4 is 11.5 Å². The van der Waals surface area contributed by atoms with Gasteiger partial charge in [-0.1, -0.05) is 60.4 Å². The summed E-state index contributed by atoms with van der Waals surface area (Å²) in [4.78, 5) is 12.6. The zero-order valence-corrected chi connectivity index (χ0v) is 16.6. The van der Waals surface area contributed by atoms with Crippen LogP contribution in [0.25, 0.3) is 16.7 Å². The van der Waals surface area contributed by atoms with Crippen molar-refractivity contribution in [1.29, 1.82) is 0 Å². The van der Waals surface area contributed by atoms with Crippen LogP contribution < -0.4 is 0 Å². The van der Waals surface area contributed by atoms with E-state index in [1.54, 1.807) is 24.5 Å². The van der Waals surface area contributed by atoms with Crippen molar-refractivity contribution in [2.75, 3.05) is 20.1 Å². The minimum absolute atomic E-state index is 0.0130. The number of furan rings is 1. The number of carboxylic acids is 1. The maximum atomic E-state index is 10.9. The molecule has 146 valence electrons. The number of allylic oxidation sites excluding steroid dienone is 1. The summed E-state index contributed by atoms with van der Waals surface area (Å²) in [7, 11) is 1.78. The van der Waals surface area contributed by atoms with Crippen LogP contribution in [0.1, 0.15) is 16.7 Å². The van der Waals surface area contributed by atoms with Crippen LogP contribution in [0.5, 0.6) is 0 Å². The van der Waals surface area contributed by atoms with Crippen molar-refractivity contribution in [2.24, 2.45) is 0 Å². The van der Waals surface area contributed by atoms with Gasteiger partial charge in [0, 0.05) is 23.2 Å². The highest BCUT2D eigenvalue weighted by Crippen LogP contribution is 2.24. The summed E-state index contributed by atoms with van der Waals surface area (Å²) in [5.74, 6) is 5.62. The third kappa shape index (κ3) is 5.71. The van der Waals surface area contributed by atoms with E-state index >= 15 is 0 Å². The molecule has 0 unspecified atom stereocenters. The lowest BCUT2D eigenvalue weighted by atomic mass is 10.0. The molecule has 0 fully saturated rings. The molecule has 0 aliphatic carbocycles. The van der Waals surface area contributed by atoms with Crippen molar-refractivity contribution in [1.82, 2.24) is 4.90 Å². The van der Waals surface area contributed by atoms with Gasteiger partial charge in [-0.15, -0.1) is 0 Å². The second-order valence-corrected chi connectivity index (χ2v) is 6.87. The van der Waals surface area contributed by atoms with Gasteiger partial charge >= 0.3 is 5.97 Å². The van der Waals surface area contributed by atoms with Crippen molar-refractivity contribution in [3.05, 3.63) is 89.9 Å². The minimum atomic E-state index is -0.846. The zero-order chi connectivity index (χ0) is 20.6. The Balaban J connectivity index is 1.82. The smallest absolute Gasteiger partial charge is 0.317 e. The fraction of sp³-hybridized carbons (Fsp3) is 0.160. The van der Waals surface area contributed by atoms with Gasteiger partial charge in [0.25, 0.3) is 0 Å². The molecule has 1 aromatic heterocycles. The van der Waals surface area contributed by atoms with Crippen LogP contribution in [0.3, 0.4) is 0 Å². The Hall–Kier alpha value is -3.55. The third-order valence-corrected chi connectivity index (χ3v) is 4.49. The number of hydrogen-bond donors (Lipinski definition) is 1. The molecule has 0 bridgehead atoms. The standard InChI is InChI=1S/C25H23NO3/c1-19-17-29-18-24(19)23-12-9-20(10-13-23)8-11-22(21-6-4-3-5-7-21)14-15-26(2)16-25(27)28/h3-7,9-10,12-14,17-18H,15-16H2,1-2H3,(H,27,28). The summed E-state index contributed by atoms with van der Waals surface area (Å²) < 4.78 is 5.25. The molecule has 3 rings (SSSR count). The Morgan fingerprint density at radius 1 is 1.10 bits per heavy atom. The van der Waals surface area contributed by atoms with Crippen molar-refractivity contribution in [2.45, 2.75) is 6.92 Å². The number of benzene rings is 2. The maximum absolute atomic E-state index is 10.9. The van der Waals surface area contributed by atoms with Crippen LogP contribution in [-0.2, 0) is 4.79 Å². The SMILES string of the molecule is Cc1cocc1-c1ccc(C#CC(=CCN(C)CC(=O)O)c2ccccc2)cc1. The highest BCUT2D eigenvalue weighted by Gasteiger charge is 2.05. The minimum Gasteiger partial charge on any atom is -0.480 e. The second-order valence-electron chi connectivity index (χ2n) is 6.87. The molecule has 4 heteroatoms. The Bertz CT molecular complexity index is 1050. The maximum Gasteiger partial charge on any atom is 0.317 e. The number of nitrogens with zero attached hydrogens (tertiary/aromatic N) is 1. The number of aliphatic carboxylic acids is 1. The van der Waals surface area contributed by atoms with E-state index < -0.39 is 5.97 Å². The van der Waals surface area contributed by atoms with E-state index in [-0.39, 0.29) is 6.54 Å². The summed E-state index contributed by atoms with van der Waals surface area (Å²) in [6.45, 7) is 2.51. The van der Waals surface area contributed by atoms with Crippen molar-refractivity contribution < 1.29 is 14.3 Å². The van der Waals surface area contributed by atoms with Gasteiger partial charge in [0.1, 0.15) is 0 Å². The topological polar surface area (TPSA) is 53.7 Å². The van der Waals surface area contributed by atoms with Gasteiger partial charge in [-0.2, -0.15) is 0 Å². The Morgan fingerprint density at radius 3 is 2.45 bits per heavy atom. The van der Waals surface area contributed by atoms with Gasteiger partial charge in [-0.3, -0.25) is 9.69 Å². The van der Waals surface area contributed by atoms with Crippen LogP contribution in [0.4, 0.5) is 0 Å². The van der Waals surface area contributed by atoms with Gasteiger partial charge in [-0.05, 0) is 42.8 Å². The van der Waals surface area contributed by atoms with E-state index in [1.807, 2.05) is 67.6 Å². The predicted octanol–water partition coefficient (Wildman–Crippen LogP) is 4.71. The number of likely N-dealkylation sites (N-methyl/N-ethyl adjacent to an activating group) is 1. The second kappa shape index (κ2) is 9.59. The lowest BCUT2D eigenvalue weighted by Crippen LogP contribution is -2.25. The highest BCUT2D eigenvalue weighted by molar-refractivity contribution is 5.80. The van der Waals surface area contributed by atoms with Crippen LogP contribution in [0.15, 0.2) is 77.6 Å². The molecule has 4 nitrogen and oxygen atoms in total. The molecule has 1 N–H and O–H groups in total. The normalized spacial score (nSPS) is 11.2. The predicted molar refractivity (Wildman–Crippen MR) is 115 cm³/mol. The van der Waals surface area contributed by atoms with Crippen LogP contribution in [0, 0.1) is 18.8 Å². The molecule has 0 aliphatic rings. The van der Waals surface area contributed by atoms with Gasteiger partial charge in [0.15, 0.2) is 0 Å². The van der Waals surface area contributed by atoms with Crippen LogP contribution in [-0.4, -0.2) is 36.1 Å². The van der Waals surface area contributed by atoms with E-state index in [2.05, 4.69) is 11.8 Å². The van der Waals surface area contributed by atoms with E-state index in [1.165, 1.54) is 0 Å². The summed E-state index contributed by atoms with van der Waals surface area (Å²) >= 11 is 0. The molecule has 0 amide bonds. The first-order valence-corrected chi connectivity index (χ1v) is 9.34. The average molecular weight is 385 g/mol. The summed E-state index contributed by atoms with van der Waals surface area (Å²) in [6.07, 6.45) is 5.45. The largest absolute Gasteiger partial charge is 0.480 e. The number of carboxylic acid groups (broad SMARTS) is 1. The number of rotatable bonds is 6. The Labute approximate surface area is 171 Å². The Kier molecular flexibility index (Phi) is 6.67. The molecule has 2 aromatic carbocycles. The Morgan fingerprint density at radius 2 is 1.83 bits per heavy atom. The number of aryl methyl sites for hydroxylation is 1. The van der Waals surface area contributed by atoms with Gasteiger partial charge in [-0.25, -0.2) is 0 Å². The third-order valence-electron chi connectivity index (χ3n) is 4.49. The van der Waals surface area contributed by atoms with Gasteiger partial charge in [0.05, 0.1) is 19.1 Å². The first-order valence-electron chi connectivity index (χ1n) is 9.34. The highest BCUT2D eigenvalue weighted by atomic mass is 16.4. The first kappa shape index (κ1) is 20.2. The zero-order valence-electron chi connectivity index (χ0n) is 16.6. The lowest BCUT2D eigenvalue weighted by Gasteiger charge is -2.11. The fourth-order valence-corrected chi connectivity index (χ4v) is 2.93. The van der Waals surface area contributed by atoms with Crippen molar-refractivity contribution in [3.8, 4) is 23.0 Å². The lowest BCUT2D eigenvalue weighted by molar-refractivity contribution is -0.137. The molecule has 0 radical (unpaired) electrons. The van der Waals surface area contributed by atoms with E-state index in [0.29, 0.717) is 6.54 Å². The molecule has 0 aliphatic heterocycles. The average Bonchev–Trinajstić information content (AvgIpc) is 3.14. The molecular formula is C25H23NO3. The first-order chi connectivity index (χ1) is 14.0. The monoisotopic (exact) mass is 385 g/mol. The molecule has 3 aromatic rings. The fourth-order valence-electron chi connectivity index (χ4n) is 2.93. The van der Waals surface area contributed by atoms with Gasteiger partial charge in [0.2, 0.25) is 0 Å². The van der Waals surface area contributed by atoms with E-state index in [9.17, 15) is 4.79 Å². The quantitative estimate of drug-likeness (QED) is 0.625. The molecule has 0 saturated carbocycles. The van der Waals surface area contributed by atoms with E-state index in [4.69, 9.17) is 9.52 Å². The van der Waals surface area contributed by atoms with Crippen LogP contribution in [0.2, 0.25) is 0 Å². The number of carbonyl (C=O) groups is 1. The van der Waals surface area contributed by atoms with Gasteiger partial charge < -0.3 is 9.52 Å².